The van der Waals surface area contributed by atoms with Crippen LogP contribution in [-0.4, -0.2) is 29.3 Å². The predicted octanol–water partition coefficient (Wildman–Crippen LogP) is 4.93. The molecular weight excluding hydrogens is 326 g/mol. The Bertz CT molecular complexity index is 433. The summed E-state index contributed by atoms with van der Waals surface area (Å²) in [7, 11) is 0. The highest BCUT2D eigenvalue weighted by Crippen LogP contribution is 1.99. The maximum absolute atomic E-state index is 10.3. The predicted molar refractivity (Wildman–Crippen MR) is 112 cm³/mol. The average Bonchev–Trinajstić information content (AvgIpc) is 2.64. The summed E-state index contributed by atoms with van der Waals surface area (Å²) in [6.45, 7) is 2.62. The van der Waals surface area contributed by atoms with Gasteiger partial charge in [-0.15, -0.1) is 0 Å². The van der Waals surface area contributed by atoms with Crippen LogP contribution in [0.3, 0.4) is 0 Å². The second-order valence-corrected chi connectivity index (χ2v) is 5.51. The molecule has 0 aromatic heterocycles. The van der Waals surface area contributed by atoms with Crippen LogP contribution in [0.1, 0.15) is 58.3 Å². The lowest BCUT2D eigenvalue weighted by molar-refractivity contribution is -0.137. The SMILES string of the molecule is CC/C=C\C/C=C\C/C=C\C/C=C\C/C=C\CCCC(=O)O.NCCO. The minimum absolute atomic E-state index is 0.0972. The van der Waals surface area contributed by atoms with Crippen LogP contribution in [0.25, 0.3) is 0 Å². The lowest BCUT2D eigenvalue weighted by atomic mass is 10.2. The molecule has 0 saturated heterocycles. The maximum atomic E-state index is 10.3. The van der Waals surface area contributed by atoms with Gasteiger partial charge in [0, 0.05) is 13.0 Å². The zero-order valence-corrected chi connectivity index (χ0v) is 16.2. The van der Waals surface area contributed by atoms with Crippen LogP contribution in [-0.2, 0) is 4.79 Å². The van der Waals surface area contributed by atoms with Gasteiger partial charge in [0.2, 0.25) is 0 Å². The normalized spacial score (nSPS) is 12.0. The van der Waals surface area contributed by atoms with E-state index in [0.29, 0.717) is 6.54 Å². The van der Waals surface area contributed by atoms with Crippen molar-refractivity contribution in [3.8, 4) is 0 Å². The number of aliphatic hydroxyl groups excluding tert-OH is 1. The first-order chi connectivity index (χ1) is 12.7. The molecule has 0 aliphatic rings. The summed E-state index contributed by atoms with van der Waals surface area (Å²) in [5.41, 5.74) is 4.78. The Morgan fingerprint density at radius 3 is 1.54 bits per heavy atom. The molecule has 0 amide bonds. The number of hydrogen-bond acceptors (Lipinski definition) is 3. The first kappa shape index (κ1) is 26.3. The fraction of sp³-hybridized carbons (Fsp3) is 0.500. The minimum Gasteiger partial charge on any atom is -0.481 e. The zero-order chi connectivity index (χ0) is 19.7. The Morgan fingerprint density at radius 1 is 0.808 bits per heavy atom. The maximum Gasteiger partial charge on any atom is 0.303 e. The lowest BCUT2D eigenvalue weighted by Crippen LogP contribution is -2.02. The first-order valence-corrected chi connectivity index (χ1v) is 9.46. The van der Waals surface area contributed by atoms with E-state index in [-0.39, 0.29) is 13.0 Å². The molecular formula is C22H37NO3. The van der Waals surface area contributed by atoms with E-state index < -0.39 is 5.97 Å². The molecule has 0 aromatic rings. The Kier molecular flexibility index (Phi) is 25.6. The van der Waals surface area contributed by atoms with Crippen molar-refractivity contribution < 1.29 is 15.0 Å². The van der Waals surface area contributed by atoms with Gasteiger partial charge in [-0.05, 0) is 44.9 Å². The molecule has 148 valence electrons. The quantitative estimate of drug-likeness (QED) is 0.302. The average molecular weight is 364 g/mol. The topological polar surface area (TPSA) is 83.5 Å². The summed E-state index contributed by atoms with van der Waals surface area (Å²) in [5, 5.41) is 16.2. The fourth-order valence-corrected chi connectivity index (χ4v) is 1.74. The largest absolute Gasteiger partial charge is 0.481 e. The fourth-order valence-electron chi connectivity index (χ4n) is 1.74. The van der Waals surface area contributed by atoms with E-state index >= 15 is 0 Å². The summed E-state index contributed by atoms with van der Waals surface area (Å²) in [5.74, 6) is -0.715. The summed E-state index contributed by atoms with van der Waals surface area (Å²) in [4.78, 5) is 10.3. The molecule has 0 bridgehead atoms. The van der Waals surface area contributed by atoms with Crippen LogP contribution >= 0.6 is 0 Å². The molecule has 4 N–H and O–H groups in total. The molecule has 0 fully saturated rings. The zero-order valence-electron chi connectivity index (χ0n) is 16.2. The first-order valence-electron chi connectivity index (χ1n) is 9.46. The minimum atomic E-state index is -0.715. The molecule has 0 spiro atoms. The van der Waals surface area contributed by atoms with E-state index in [1.165, 1.54) is 0 Å². The van der Waals surface area contributed by atoms with Crippen LogP contribution in [0.15, 0.2) is 60.8 Å². The Balaban J connectivity index is 0. The second kappa shape index (κ2) is 25.3. The van der Waals surface area contributed by atoms with Gasteiger partial charge in [0.1, 0.15) is 0 Å². The number of carboxylic acids is 1. The molecule has 0 aliphatic carbocycles. The summed E-state index contributed by atoms with van der Waals surface area (Å²) >= 11 is 0. The number of nitrogens with two attached hydrogens (primary N) is 1. The van der Waals surface area contributed by atoms with Crippen LogP contribution in [0, 0.1) is 0 Å². The molecule has 0 atom stereocenters. The van der Waals surface area contributed by atoms with Gasteiger partial charge in [-0.1, -0.05) is 67.7 Å². The third-order valence-electron chi connectivity index (χ3n) is 3.05. The molecule has 0 heterocycles. The highest BCUT2D eigenvalue weighted by atomic mass is 16.4. The van der Waals surface area contributed by atoms with Crippen molar-refractivity contribution in [2.45, 2.75) is 58.3 Å². The van der Waals surface area contributed by atoms with Gasteiger partial charge in [-0.3, -0.25) is 4.79 Å². The summed E-state index contributed by atoms with van der Waals surface area (Å²) in [6.07, 6.45) is 28.4. The van der Waals surface area contributed by atoms with Gasteiger partial charge in [0.15, 0.2) is 0 Å². The number of unbranched alkanes of at least 4 members (excludes halogenated alkanes) is 1. The Hall–Kier alpha value is -1.91. The summed E-state index contributed by atoms with van der Waals surface area (Å²) in [6, 6.07) is 0. The van der Waals surface area contributed by atoms with Gasteiger partial charge in [0.05, 0.1) is 6.61 Å². The van der Waals surface area contributed by atoms with E-state index in [9.17, 15) is 4.79 Å². The number of rotatable bonds is 14. The number of allylic oxidation sites excluding steroid dienone is 10. The van der Waals surface area contributed by atoms with E-state index in [1.807, 2.05) is 0 Å². The highest BCUT2D eigenvalue weighted by Gasteiger charge is 1.92. The Labute approximate surface area is 159 Å². The van der Waals surface area contributed by atoms with Gasteiger partial charge < -0.3 is 15.9 Å². The van der Waals surface area contributed by atoms with Crippen LogP contribution < -0.4 is 5.73 Å². The number of aliphatic hydroxyl groups is 1. The number of carboxylic acid groups (broad SMARTS) is 1. The van der Waals surface area contributed by atoms with Crippen molar-refractivity contribution >= 4 is 5.97 Å². The molecule has 26 heavy (non-hydrogen) atoms. The third-order valence-corrected chi connectivity index (χ3v) is 3.05. The van der Waals surface area contributed by atoms with E-state index in [2.05, 4.69) is 67.7 Å². The third kappa shape index (κ3) is 30.0. The monoisotopic (exact) mass is 363 g/mol. The van der Waals surface area contributed by atoms with Gasteiger partial charge in [-0.25, -0.2) is 0 Å². The summed E-state index contributed by atoms with van der Waals surface area (Å²) < 4.78 is 0. The molecule has 0 saturated carbocycles. The van der Waals surface area contributed by atoms with Crippen molar-refractivity contribution in [2.75, 3.05) is 13.2 Å². The van der Waals surface area contributed by atoms with E-state index in [4.69, 9.17) is 15.9 Å². The second-order valence-electron chi connectivity index (χ2n) is 5.51. The van der Waals surface area contributed by atoms with Crippen LogP contribution in [0.5, 0.6) is 0 Å². The van der Waals surface area contributed by atoms with Crippen LogP contribution in [0.4, 0.5) is 0 Å². The highest BCUT2D eigenvalue weighted by molar-refractivity contribution is 5.66. The lowest BCUT2D eigenvalue weighted by Gasteiger charge is -1.89. The number of carbonyl (C=O) groups is 1. The van der Waals surface area contributed by atoms with Crippen molar-refractivity contribution in [3.05, 3.63) is 60.8 Å². The molecule has 0 aliphatic heterocycles. The molecule has 0 rings (SSSR count). The molecule has 0 radical (unpaired) electrons. The van der Waals surface area contributed by atoms with Crippen LogP contribution in [0.2, 0.25) is 0 Å². The molecule has 0 unspecified atom stereocenters. The van der Waals surface area contributed by atoms with Gasteiger partial charge in [0.25, 0.3) is 0 Å². The molecule has 4 heteroatoms. The Morgan fingerprint density at radius 2 is 1.19 bits per heavy atom. The standard InChI is InChI=1S/C20H30O2.C2H7NO/c1-2-3-4-5-6-7-8-9-10-11-12-13-14-15-16-17-18-19-20(21)22;3-1-2-4/h3-4,6-7,9-10,12-13,15-16H,2,5,8,11,14,17-19H2,1H3,(H,21,22);4H,1-3H2/b4-3-,7-6-,10-9-,13-12-,16-15-;. The number of aliphatic carboxylic acids is 1. The number of hydrogen-bond donors (Lipinski definition) is 3. The van der Waals surface area contributed by atoms with Crippen molar-refractivity contribution in [2.24, 2.45) is 5.73 Å². The van der Waals surface area contributed by atoms with Crippen molar-refractivity contribution in [1.29, 1.82) is 0 Å². The van der Waals surface area contributed by atoms with Crippen molar-refractivity contribution in [1.82, 2.24) is 0 Å². The smallest absolute Gasteiger partial charge is 0.303 e. The van der Waals surface area contributed by atoms with E-state index in [1.54, 1.807) is 0 Å². The van der Waals surface area contributed by atoms with E-state index in [0.717, 1.165) is 44.9 Å². The van der Waals surface area contributed by atoms with Crippen molar-refractivity contribution in [3.63, 3.8) is 0 Å². The van der Waals surface area contributed by atoms with Gasteiger partial charge >= 0.3 is 5.97 Å². The molecule has 4 nitrogen and oxygen atoms in total. The van der Waals surface area contributed by atoms with Gasteiger partial charge in [-0.2, -0.15) is 0 Å². The molecule has 0 aromatic carbocycles.